The van der Waals surface area contributed by atoms with Gasteiger partial charge >= 0.3 is 0 Å². The molecule has 0 aromatic carbocycles. The van der Waals surface area contributed by atoms with Crippen molar-refractivity contribution in [3.63, 3.8) is 0 Å². The molecule has 2 radical (unpaired) electrons. The van der Waals surface area contributed by atoms with Crippen LogP contribution < -0.4 is 5.73 Å². The SMILES string of the molecule is NC(=O)c1cccnc1.[O]. The Morgan fingerprint density at radius 1 is 1.60 bits per heavy atom. The first-order valence-electron chi connectivity index (χ1n) is 2.50. The number of nitrogens with two attached hydrogens (primary N) is 1. The van der Waals surface area contributed by atoms with Crippen molar-refractivity contribution in [3.05, 3.63) is 30.1 Å². The highest BCUT2D eigenvalue weighted by Crippen LogP contribution is 1.91. The van der Waals surface area contributed by atoms with Gasteiger partial charge in [0.25, 0.3) is 0 Å². The molecule has 0 aliphatic rings. The van der Waals surface area contributed by atoms with Gasteiger partial charge < -0.3 is 5.73 Å². The summed E-state index contributed by atoms with van der Waals surface area (Å²) in [5.41, 5.74) is 5.38. The predicted octanol–water partition coefficient (Wildman–Crippen LogP) is 0.0617. The number of hydrogen-bond acceptors (Lipinski definition) is 2. The number of rotatable bonds is 1. The fourth-order valence-electron chi connectivity index (χ4n) is 0.509. The number of nitrogens with zero attached hydrogens (tertiary/aromatic N) is 1. The van der Waals surface area contributed by atoms with Crippen molar-refractivity contribution in [2.24, 2.45) is 5.73 Å². The second-order valence-corrected chi connectivity index (χ2v) is 1.61. The van der Waals surface area contributed by atoms with E-state index in [0.717, 1.165) is 0 Å². The Morgan fingerprint density at radius 2 is 2.30 bits per heavy atom. The molecule has 0 atom stereocenters. The number of carbonyl (C=O) groups excluding carboxylic acids is 1. The molecule has 1 amide bonds. The molecule has 0 saturated carbocycles. The maximum Gasteiger partial charge on any atom is 0.250 e. The molecule has 2 N–H and O–H groups in total. The van der Waals surface area contributed by atoms with Crippen LogP contribution >= 0.6 is 0 Å². The molecule has 0 bridgehead atoms. The summed E-state index contributed by atoms with van der Waals surface area (Å²) in [4.78, 5) is 14.1. The van der Waals surface area contributed by atoms with Crippen LogP contribution in [0.2, 0.25) is 0 Å². The zero-order chi connectivity index (χ0) is 6.69. The summed E-state index contributed by atoms with van der Waals surface area (Å²) in [6.45, 7) is 0. The van der Waals surface area contributed by atoms with Gasteiger partial charge in [0.05, 0.1) is 5.56 Å². The summed E-state index contributed by atoms with van der Waals surface area (Å²) in [6, 6.07) is 3.29. The van der Waals surface area contributed by atoms with Crippen molar-refractivity contribution in [2.75, 3.05) is 0 Å². The molecule has 52 valence electrons. The van der Waals surface area contributed by atoms with Gasteiger partial charge in [-0.3, -0.25) is 9.78 Å². The van der Waals surface area contributed by atoms with Crippen molar-refractivity contribution in [1.82, 2.24) is 4.98 Å². The maximum atomic E-state index is 10.4. The second-order valence-electron chi connectivity index (χ2n) is 1.61. The number of primary amides is 1. The summed E-state index contributed by atoms with van der Waals surface area (Å²) in [5, 5.41) is 0. The first-order valence-corrected chi connectivity index (χ1v) is 2.50. The Morgan fingerprint density at radius 3 is 2.60 bits per heavy atom. The van der Waals surface area contributed by atoms with Gasteiger partial charge in [-0.25, -0.2) is 0 Å². The number of amides is 1. The molecular formula is C6H6N2O2. The van der Waals surface area contributed by atoms with Crippen LogP contribution in [-0.4, -0.2) is 10.9 Å². The van der Waals surface area contributed by atoms with Crippen LogP contribution in [0.1, 0.15) is 10.4 Å². The van der Waals surface area contributed by atoms with Crippen LogP contribution in [0.4, 0.5) is 0 Å². The lowest BCUT2D eigenvalue weighted by atomic mass is 10.3. The lowest BCUT2D eigenvalue weighted by Crippen LogP contribution is -2.10. The quantitative estimate of drug-likeness (QED) is 0.595. The molecule has 0 aliphatic carbocycles. The van der Waals surface area contributed by atoms with Crippen molar-refractivity contribution < 1.29 is 10.3 Å². The third-order valence-corrected chi connectivity index (χ3v) is 0.946. The van der Waals surface area contributed by atoms with Gasteiger partial charge in [-0.2, -0.15) is 0 Å². The van der Waals surface area contributed by atoms with Gasteiger partial charge in [-0.15, -0.1) is 0 Å². The number of carbonyl (C=O) groups is 1. The Labute approximate surface area is 58.0 Å². The van der Waals surface area contributed by atoms with Crippen LogP contribution in [0.15, 0.2) is 24.5 Å². The second kappa shape index (κ2) is 3.58. The highest BCUT2D eigenvalue weighted by atomic mass is 16.1. The van der Waals surface area contributed by atoms with Gasteiger partial charge in [0, 0.05) is 17.9 Å². The first kappa shape index (κ1) is 8.58. The third-order valence-electron chi connectivity index (χ3n) is 0.946. The normalized spacial score (nSPS) is 8.00. The molecule has 0 saturated heterocycles. The van der Waals surface area contributed by atoms with E-state index in [1.54, 1.807) is 18.3 Å². The average Bonchev–Trinajstić information content (AvgIpc) is 1.90. The van der Waals surface area contributed by atoms with Crippen molar-refractivity contribution in [2.45, 2.75) is 0 Å². The first-order chi connectivity index (χ1) is 4.30. The molecule has 0 unspecified atom stereocenters. The Bertz CT molecular complexity index is 210. The highest BCUT2D eigenvalue weighted by Gasteiger charge is 1.94. The minimum absolute atomic E-state index is 0. The molecule has 1 aromatic heterocycles. The summed E-state index contributed by atoms with van der Waals surface area (Å²) < 4.78 is 0. The smallest absolute Gasteiger partial charge is 0.250 e. The summed E-state index contributed by atoms with van der Waals surface area (Å²) in [5.74, 6) is -0.442. The topological polar surface area (TPSA) is 84.5 Å². The largest absolute Gasteiger partial charge is 0.366 e. The predicted molar refractivity (Wildman–Crippen MR) is 33.4 cm³/mol. The van der Waals surface area contributed by atoms with E-state index in [9.17, 15) is 4.79 Å². The minimum atomic E-state index is -0.442. The number of aromatic nitrogens is 1. The van der Waals surface area contributed by atoms with Crippen molar-refractivity contribution in [1.29, 1.82) is 0 Å². The van der Waals surface area contributed by atoms with E-state index in [2.05, 4.69) is 4.98 Å². The van der Waals surface area contributed by atoms with E-state index in [-0.39, 0.29) is 5.48 Å². The van der Waals surface area contributed by atoms with Gasteiger partial charge in [0.2, 0.25) is 5.91 Å². The third kappa shape index (κ3) is 1.83. The molecule has 4 heteroatoms. The standard InChI is InChI=1S/C6H6N2O.O/c7-6(9)5-2-1-3-8-4-5;/h1-4H,(H2,7,9);. The van der Waals surface area contributed by atoms with Crippen LogP contribution in [0.5, 0.6) is 0 Å². The van der Waals surface area contributed by atoms with Gasteiger partial charge in [0.1, 0.15) is 0 Å². The highest BCUT2D eigenvalue weighted by molar-refractivity contribution is 5.92. The Hall–Kier alpha value is -1.42. The molecule has 4 nitrogen and oxygen atoms in total. The number of pyridine rings is 1. The van der Waals surface area contributed by atoms with Gasteiger partial charge in [0.15, 0.2) is 0 Å². The van der Waals surface area contributed by atoms with Crippen molar-refractivity contribution >= 4 is 5.91 Å². The molecule has 1 aromatic rings. The van der Waals surface area contributed by atoms with E-state index >= 15 is 0 Å². The lowest BCUT2D eigenvalue weighted by Gasteiger charge is -1.88. The van der Waals surface area contributed by atoms with Crippen LogP contribution in [0, 0.1) is 0 Å². The number of hydrogen-bond donors (Lipinski definition) is 1. The Kier molecular flexibility index (Phi) is 3.07. The molecular weight excluding hydrogens is 132 g/mol. The molecule has 0 fully saturated rings. The monoisotopic (exact) mass is 138 g/mol. The zero-order valence-corrected chi connectivity index (χ0v) is 5.15. The van der Waals surface area contributed by atoms with E-state index in [1.165, 1.54) is 6.20 Å². The molecule has 1 heterocycles. The average molecular weight is 138 g/mol. The van der Waals surface area contributed by atoms with Crippen LogP contribution in [0.3, 0.4) is 0 Å². The molecule has 0 aliphatic heterocycles. The lowest BCUT2D eigenvalue weighted by molar-refractivity contribution is 0.1000. The molecule has 10 heavy (non-hydrogen) atoms. The van der Waals surface area contributed by atoms with E-state index < -0.39 is 5.91 Å². The van der Waals surface area contributed by atoms with Crippen LogP contribution in [0.25, 0.3) is 0 Å². The van der Waals surface area contributed by atoms with Gasteiger partial charge in [-0.05, 0) is 12.1 Å². The van der Waals surface area contributed by atoms with E-state index in [1.807, 2.05) is 0 Å². The minimum Gasteiger partial charge on any atom is -0.366 e. The van der Waals surface area contributed by atoms with Gasteiger partial charge in [-0.1, -0.05) is 0 Å². The fraction of sp³-hybridized carbons (Fsp3) is 0. The fourth-order valence-corrected chi connectivity index (χ4v) is 0.509. The summed E-state index contributed by atoms with van der Waals surface area (Å²) >= 11 is 0. The maximum absolute atomic E-state index is 10.4. The molecule has 1 rings (SSSR count). The molecule has 0 spiro atoms. The van der Waals surface area contributed by atoms with E-state index in [0.29, 0.717) is 5.56 Å². The Balaban J connectivity index is 0.000000810. The summed E-state index contributed by atoms with van der Waals surface area (Å²) in [6.07, 6.45) is 3.02. The summed E-state index contributed by atoms with van der Waals surface area (Å²) in [7, 11) is 0. The zero-order valence-electron chi connectivity index (χ0n) is 5.15. The van der Waals surface area contributed by atoms with Crippen molar-refractivity contribution in [3.8, 4) is 0 Å². The van der Waals surface area contributed by atoms with E-state index in [4.69, 9.17) is 5.73 Å². The van der Waals surface area contributed by atoms with Crippen LogP contribution in [-0.2, 0) is 5.48 Å².